The Morgan fingerprint density at radius 1 is 1.13 bits per heavy atom. The van der Waals surface area contributed by atoms with Crippen LogP contribution in [0.5, 0.6) is 0 Å². The molecule has 10 heteroatoms. The second-order valence-electron chi connectivity index (χ2n) is 6.71. The molecule has 156 valence electrons. The molecule has 0 amide bonds. The van der Waals surface area contributed by atoms with Crippen LogP contribution in [0.4, 0.5) is 0 Å². The summed E-state index contributed by atoms with van der Waals surface area (Å²) in [6.07, 6.45) is 0.755. The highest BCUT2D eigenvalue weighted by atomic mass is 32.1. The van der Waals surface area contributed by atoms with E-state index in [1.165, 1.54) is 21.9 Å². The third-order valence-corrected chi connectivity index (χ3v) is 5.86. The number of carbonyl (C=O) groups is 1. The van der Waals surface area contributed by atoms with E-state index in [0.29, 0.717) is 23.6 Å². The van der Waals surface area contributed by atoms with Gasteiger partial charge in [0.05, 0.1) is 23.1 Å². The number of benzene rings is 1. The number of carbonyl (C=O) groups excluding carboxylic acids is 1. The molecule has 0 N–H and O–H groups in total. The van der Waals surface area contributed by atoms with Gasteiger partial charge in [-0.25, -0.2) is 9.78 Å². The molecule has 30 heavy (non-hydrogen) atoms. The topological polar surface area (TPSA) is 100 Å². The van der Waals surface area contributed by atoms with Crippen LogP contribution in [0.1, 0.15) is 31.0 Å². The van der Waals surface area contributed by atoms with Crippen LogP contribution in [-0.2, 0) is 35.6 Å². The first-order chi connectivity index (χ1) is 14.5. The molecule has 0 aliphatic heterocycles. The average molecular weight is 427 g/mol. The predicted octanol–water partition coefficient (Wildman–Crippen LogP) is 1.98. The number of esters is 1. The fraction of sp³-hybridized carbons (Fsp3) is 0.350. The van der Waals surface area contributed by atoms with E-state index in [9.17, 15) is 14.4 Å². The Morgan fingerprint density at radius 2 is 1.87 bits per heavy atom. The van der Waals surface area contributed by atoms with Crippen LogP contribution in [0.25, 0.3) is 16.0 Å². The number of hydrogen-bond acceptors (Lipinski definition) is 7. The summed E-state index contributed by atoms with van der Waals surface area (Å²) in [4.78, 5) is 41.9. The summed E-state index contributed by atoms with van der Waals surface area (Å²) in [5, 5.41) is 5.00. The second-order valence-corrected chi connectivity index (χ2v) is 7.75. The molecule has 3 heterocycles. The number of rotatable bonds is 7. The molecule has 0 spiro atoms. The SMILES string of the molecule is CCc1nn2c(=O)cc(COC(=O)CCn3c(=O)n(CC)c4ccccc43)nc2s1. The van der Waals surface area contributed by atoms with E-state index in [4.69, 9.17) is 4.74 Å². The molecule has 9 nitrogen and oxygen atoms in total. The minimum absolute atomic E-state index is 0.0411. The summed E-state index contributed by atoms with van der Waals surface area (Å²) >= 11 is 1.33. The molecule has 0 fully saturated rings. The Bertz CT molecular complexity index is 1350. The number of aromatic nitrogens is 5. The zero-order valence-electron chi connectivity index (χ0n) is 16.7. The summed E-state index contributed by atoms with van der Waals surface area (Å²) in [6, 6.07) is 8.81. The van der Waals surface area contributed by atoms with Crippen molar-refractivity contribution in [2.45, 2.75) is 46.4 Å². The van der Waals surface area contributed by atoms with Gasteiger partial charge in [0, 0.05) is 19.2 Å². The molecule has 0 aliphatic carbocycles. The molecule has 4 aromatic rings. The van der Waals surface area contributed by atoms with Crippen molar-refractivity contribution in [2.24, 2.45) is 0 Å². The van der Waals surface area contributed by atoms with Gasteiger partial charge in [-0.1, -0.05) is 30.4 Å². The highest BCUT2D eigenvalue weighted by molar-refractivity contribution is 7.16. The minimum Gasteiger partial charge on any atom is -0.459 e. The number of imidazole rings is 1. The van der Waals surface area contributed by atoms with Crippen LogP contribution < -0.4 is 11.2 Å². The summed E-state index contributed by atoms with van der Waals surface area (Å²) in [5.41, 5.74) is 1.55. The van der Waals surface area contributed by atoms with Gasteiger partial charge in [0.2, 0.25) is 4.96 Å². The lowest BCUT2D eigenvalue weighted by Crippen LogP contribution is -2.25. The minimum atomic E-state index is -0.462. The fourth-order valence-corrected chi connectivity index (χ4v) is 4.19. The normalized spacial score (nSPS) is 11.4. The van der Waals surface area contributed by atoms with Crippen molar-refractivity contribution in [3.63, 3.8) is 0 Å². The maximum Gasteiger partial charge on any atom is 0.329 e. The van der Waals surface area contributed by atoms with Gasteiger partial charge in [0.25, 0.3) is 5.56 Å². The van der Waals surface area contributed by atoms with Crippen molar-refractivity contribution < 1.29 is 9.53 Å². The van der Waals surface area contributed by atoms with Crippen molar-refractivity contribution in [1.29, 1.82) is 0 Å². The molecule has 0 saturated heterocycles. The highest BCUT2D eigenvalue weighted by Crippen LogP contribution is 2.14. The molecule has 1 aromatic carbocycles. The number of fused-ring (bicyclic) bond motifs is 2. The molecular weight excluding hydrogens is 406 g/mol. The van der Waals surface area contributed by atoms with Crippen LogP contribution in [0.3, 0.4) is 0 Å². The average Bonchev–Trinajstić information content (AvgIpc) is 3.29. The Balaban J connectivity index is 1.45. The van der Waals surface area contributed by atoms with Crippen molar-refractivity contribution >= 4 is 33.3 Å². The lowest BCUT2D eigenvalue weighted by Gasteiger charge is -2.05. The van der Waals surface area contributed by atoms with Gasteiger partial charge < -0.3 is 4.74 Å². The number of aryl methyl sites for hydroxylation is 3. The summed E-state index contributed by atoms with van der Waals surface area (Å²) in [6.45, 7) is 4.53. The van der Waals surface area contributed by atoms with Crippen molar-refractivity contribution in [2.75, 3.05) is 0 Å². The van der Waals surface area contributed by atoms with Gasteiger partial charge in [0.1, 0.15) is 11.6 Å². The molecule has 0 atom stereocenters. The molecule has 0 radical (unpaired) electrons. The first-order valence-corrected chi connectivity index (χ1v) is 10.6. The van der Waals surface area contributed by atoms with Crippen molar-refractivity contribution in [3.8, 4) is 0 Å². The largest absolute Gasteiger partial charge is 0.459 e. The summed E-state index contributed by atoms with van der Waals surface area (Å²) < 4.78 is 9.80. The van der Waals surface area contributed by atoms with Gasteiger partial charge in [-0.3, -0.25) is 18.7 Å². The van der Waals surface area contributed by atoms with Crippen LogP contribution in [0, 0.1) is 0 Å². The Hall–Kier alpha value is -3.27. The molecule has 0 bridgehead atoms. The van der Waals surface area contributed by atoms with Gasteiger partial charge in [-0.2, -0.15) is 9.61 Å². The van der Waals surface area contributed by atoms with E-state index in [2.05, 4.69) is 10.1 Å². The van der Waals surface area contributed by atoms with Crippen LogP contribution in [0.2, 0.25) is 0 Å². The van der Waals surface area contributed by atoms with Gasteiger partial charge >= 0.3 is 11.7 Å². The van der Waals surface area contributed by atoms with Crippen LogP contribution in [0.15, 0.2) is 39.9 Å². The lowest BCUT2D eigenvalue weighted by molar-refractivity contribution is -0.145. The molecule has 0 unspecified atom stereocenters. The summed E-state index contributed by atoms with van der Waals surface area (Å²) in [7, 11) is 0. The van der Waals surface area contributed by atoms with Crippen LogP contribution >= 0.6 is 11.3 Å². The molecule has 4 rings (SSSR count). The first-order valence-electron chi connectivity index (χ1n) is 9.74. The van der Waals surface area contributed by atoms with Crippen molar-refractivity contribution in [1.82, 2.24) is 23.7 Å². The third-order valence-electron chi connectivity index (χ3n) is 4.80. The number of nitrogens with zero attached hydrogens (tertiary/aromatic N) is 5. The molecular formula is C20H21N5O4S. The van der Waals surface area contributed by atoms with E-state index in [1.807, 2.05) is 38.1 Å². The number of hydrogen-bond donors (Lipinski definition) is 0. The van der Waals surface area contributed by atoms with Gasteiger partial charge in [0.15, 0.2) is 0 Å². The standard InChI is InChI=1S/C20H21N5O4S/c1-3-16-22-25-17(26)11-13(21-19(25)30-16)12-29-18(27)9-10-24-15-8-6-5-7-14(15)23(4-2)20(24)28/h5-8,11H,3-4,9-10,12H2,1-2H3. The monoisotopic (exact) mass is 427 g/mol. The Morgan fingerprint density at radius 3 is 2.57 bits per heavy atom. The van der Waals surface area contributed by atoms with Crippen LogP contribution in [-0.4, -0.2) is 29.7 Å². The smallest absolute Gasteiger partial charge is 0.329 e. The zero-order chi connectivity index (χ0) is 21.3. The fourth-order valence-electron chi connectivity index (χ4n) is 3.34. The number of ether oxygens (including phenoxy) is 1. The maximum absolute atomic E-state index is 12.6. The number of para-hydroxylation sites is 2. The molecule has 0 aliphatic rings. The van der Waals surface area contributed by atoms with E-state index in [1.54, 1.807) is 9.13 Å². The van der Waals surface area contributed by atoms with E-state index < -0.39 is 5.97 Å². The molecule has 3 aromatic heterocycles. The third kappa shape index (κ3) is 3.65. The highest BCUT2D eigenvalue weighted by Gasteiger charge is 2.14. The van der Waals surface area contributed by atoms with E-state index >= 15 is 0 Å². The Labute approximate surface area is 175 Å². The van der Waals surface area contributed by atoms with E-state index in [0.717, 1.165) is 16.0 Å². The van der Waals surface area contributed by atoms with Gasteiger partial charge in [-0.05, 0) is 25.5 Å². The lowest BCUT2D eigenvalue weighted by atomic mass is 10.3. The quantitative estimate of drug-likeness (QED) is 0.418. The zero-order valence-corrected chi connectivity index (χ0v) is 17.5. The van der Waals surface area contributed by atoms with E-state index in [-0.39, 0.29) is 30.8 Å². The van der Waals surface area contributed by atoms with Gasteiger partial charge in [-0.15, -0.1) is 0 Å². The Kier molecular flexibility index (Phi) is 5.49. The first kappa shape index (κ1) is 20.0. The summed E-state index contributed by atoms with van der Waals surface area (Å²) in [5.74, 6) is -0.462. The maximum atomic E-state index is 12.6. The second kappa shape index (κ2) is 8.23. The molecule has 0 saturated carbocycles. The van der Waals surface area contributed by atoms with Crippen molar-refractivity contribution in [3.05, 3.63) is 61.9 Å². The predicted molar refractivity (Wildman–Crippen MR) is 113 cm³/mol.